The zero-order chi connectivity index (χ0) is 12.0. The highest BCUT2D eigenvalue weighted by Gasteiger charge is 2.17. The fourth-order valence-corrected chi connectivity index (χ4v) is 1.87. The van der Waals surface area contributed by atoms with Crippen LogP contribution in [0, 0.1) is 0 Å². The van der Waals surface area contributed by atoms with Gasteiger partial charge in [0.1, 0.15) is 0 Å². The number of aliphatic hydroxyl groups is 1. The maximum absolute atomic E-state index is 9.11. The Hall–Kier alpha value is -0.490. The number of aromatic nitrogens is 1. The molecule has 1 heterocycles. The van der Waals surface area contributed by atoms with Crippen molar-refractivity contribution in [3.63, 3.8) is 0 Å². The molecule has 0 saturated carbocycles. The molecule has 5 heteroatoms. The van der Waals surface area contributed by atoms with Crippen LogP contribution >= 0.6 is 15.9 Å². The van der Waals surface area contributed by atoms with Gasteiger partial charge in [-0.25, -0.2) is 0 Å². The molecule has 0 unspecified atom stereocenters. The van der Waals surface area contributed by atoms with Gasteiger partial charge in [-0.3, -0.25) is 4.98 Å². The molecular formula is C11H16BrNO3. The SMILES string of the molecule is CCOC(OCC)c1ccnc(CO)c1Br. The fraction of sp³-hybridized carbons (Fsp3) is 0.545. The summed E-state index contributed by atoms with van der Waals surface area (Å²) in [5.74, 6) is 0. The predicted octanol–water partition coefficient (Wildman–Crippen LogP) is 2.41. The van der Waals surface area contributed by atoms with Gasteiger partial charge >= 0.3 is 0 Å². The number of pyridine rings is 1. The van der Waals surface area contributed by atoms with Gasteiger partial charge in [0.25, 0.3) is 0 Å². The lowest BCUT2D eigenvalue weighted by atomic mass is 10.2. The molecule has 0 radical (unpaired) electrons. The standard InChI is InChI=1S/C11H16BrNO3/c1-3-15-11(16-4-2)8-5-6-13-9(7-14)10(8)12/h5-6,11,14H,3-4,7H2,1-2H3. The minimum atomic E-state index is -0.419. The maximum atomic E-state index is 9.11. The lowest BCUT2D eigenvalue weighted by molar-refractivity contribution is -0.140. The lowest BCUT2D eigenvalue weighted by Crippen LogP contribution is -2.10. The molecule has 0 aliphatic heterocycles. The molecule has 0 bridgehead atoms. The first-order chi connectivity index (χ1) is 7.74. The Labute approximate surface area is 104 Å². The molecule has 0 aliphatic rings. The summed E-state index contributed by atoms with van der Waals surface area (Å²) in [4.78, 5) is 4.05. The number of hydrogen-bond acceptors (Lipinski definition) is 4. The fourth-order valence-electron chi connectivity index (χ4n) is 1.33. The third-order valence-corrected chi connectivity index (χ3v) is 2.95. The molecule has 0 atom stereocenters. The molecule has 0 saturated heterocycles. The van der Waals surface area contributed by atoms with Gasteiger partial charge in [0.05, 0.1) is 12.3 Å². The van der Waals surface area contributed by atoms with Gasteiger partial charge in [0, 0.05) is 29.4 Å². The maximum Gasteiger partial charge on any atom is 0.184 e. The van der Waals surface area contributed by atoms with E-state index in [1.54, 1.807) is 6.20 Å². The minimum Gasteiger partial charge on any atom is -0.390 e. The largest absolute Gasteiger partial charge is 0.390 e. The van der Waals surface area contributed by atoms with Crippen molar-refractivity contribution in [1.82, 2.24) is 4.98 Å². The second-order valence-electron chi connectivity index (χ2n) is 3.06. The van der Waals surface area contributed by atoms with Crippen molar-refractivity contribution >= 4 is 15.9 Å². The first-order valence-corrected chi connectivity index (χ1v) is 6.01. The zero-order valence-electron chi connectivity index (χ0n) is 9.44. The molecule has 0 amide bonds. The highest BCUT2D eigenvalue weighted by Crippen LogP contribution is 2.28. The summed E-state index contributed by atoms with van der Waals surface area (Å²) in [6, 6.07) is 1.82. The first-order valence-electron chi connectivity index (χ1n) is 5.21. The third-order valence-electron chi connectivity index (χ3n) is 2.03. The summed E-state index contributed by atoms with van der Waals surface area (Å²) >= 11 is 3.40. The number of ether oxygens (including phenoxy) is 2. The van der Waals surface area contributed by atoms with E-state index in [0.717, 1.165) is 10.0 Å². The molecule has 0 fully saturated rings. The van der Waals surface area contributed by atoms with E-state index in [2.05, 4.69) is 20.9 Å². The van der Waals surface area contributed by atoms with Crippen LogP contribution in [0.25, 0.3) is 0 Å². The summed E-state index contributed by atoms with van der Waals surface area (Å²) in [6.45, 7) is 4.84. The number of halogens is 1. The number of hydrogen-bond donors (Lipinski definition) is 1. The zero-order valence-corrected chi connectivity index (χ0v) is 11.0. The molecule has 16 heavy (non-hydrogen) atoms. The summed E-state index contributed by atoms with van der Waals surface area (Å²) in [7, 11) is 0. The van der Waals surface area contributed by atoms with E-state index in [9.17, 15) is 0 Å². The van der Waals surface area contributed by atoms with E-state index in [0.29, 0.717) is 18.9 Å². The van der Waals surface area contributed by atoms with Gasteiger partial charge in [-0.05, 0) is 35.8 Å². The normalized spacial score (nSPS) is 11.1. The highest BCUT2D eigenvalue weighted by molar-refractivity contribution is 9.10. The van der Waals surface area contributed by atoms with Crippen LogP contribution in [0.4, 0.5) is 0 Å². The minimum absolute atomic E-state index is 0.112. The van der Waals surface area contributed by atoms with Crippen LogP contribution in [-0.2, 0) is 16.1 Å². The van der Waals surface area contributed by atoms with Gasteiger partial charge in [-0.15, -0.1) is 0 Å². The lowest BCUT2D eigenvalue weighted by Gasteiger charge is -2.19. The van der Waals surface area contributed by atoms with Crippen LogP contribution in [0.3, 0.4) is 0 Å². The van der Waals surface area contributed by atoms with Crippen LogP contribution in [0.5, 0.6) is 0 Å². The molecule has 1 aromatic rings. The summed E-state index contributed by atoms with van der Waals surface area (Å²) in [5, 5.41) is 9.11. The average Bonchev–Trinajstić information content (AvgIpc) is 2.29. The number of nitrogens with zero attached hydrogens (tertiary/aromatic N) is 1. The Morgan fingerprint density at radius 3 is 2.50 bits per heavy atom. The van der Waals surface area contributed by atoms with E-state index < -0.39 is 6.29 Å². The second-order valence-corrected chi connectivity index (χ2v) is 3.85. The Morgan fingerprint density at radius 2 is 2.00 bits per heavy atom. The van der Waals surface area contributed by atoms with E-state index in [1.807, 2.05) is 19.9 Å². The van der Waals surface area contributed by atoms with Crippen molar-refractivity contribution in [1.29, 1.82) is 0 Å². The first kappa shape index (κ1) is 13.6. The quantitative estimate of drug-likeness (QED) is 0.817. The summed E-state index contributed by atoms with van der Waals surface area (Å²) in [6.07, 6.45) is 1.22. The van der Waals surface area contributed by atoms with Gasteiger partial charge in [0.15, 0.2) is 6.29 Å². The molecule has 1 rings (SSSR count). The Balaban J connectivity index is 2.98. The van der Waals surface area contributed by atoms with Crippen molar-refractivity contribution in [3.8, 4) is 0 Å². The van der Waals surface area contributed by atoms with E-state index >= 15 is 0 Å². The monoisotopic (exact) mass is 289 g/mol. The summed E-state index contributed by atoms with van der Waals surface area (Å²) in [5.41, 5.74) is 1.43. The van der Waals surface area contributed by atoms with Crippen molar-refractivity contribution in [2.75, 3.05) is 13.2 Å². The molecule has 0 aliphatic carbocycles. The molecule has 90 valence electrons. The number of rotatable bonds is 6. The van der Waals surface area contributed by atoms with Crippen LogP contribution < -0.4 is 0 Å². The van der Waals surface area contributed by atoms with E-state index in [-0.39, 0.29) is 6.61 Å². The molecule has 1 N–H and O–H groups in total. The van der Waals surface area contributed by atoms with Crippen molar-refractivity contribution in [3.05, 3.63) is 28.0 Å². The Morgan fingerprint density at radius 1 is 1.38 bits per heavy atom. The predicted molar refractivity (Wildman–Crippen MR) is 63.9 cm³/mol. The molecule has 4 nitrogen and oxygen atoms in total. The summed E-state index contributed by atoms with van der Waals surface area (Å²) < 4.78 is 11.7. The van der Waals surface area contributed by atoms with Crippen LogP contribution in [0.15, 0.2) is 16.7 Å². The van der Waals surface area contributed by atoms with Gasteiger partial charge in [0.2, 0.25) is 0 Å². The van der Waals surface area contributed by atoms with Crippen molar-refractivity contribution in [2.45, 2.75) is 26.7 Å². The molecule has 0 aromatic carbocycles. The Bertz CT molecular complexity index is 327. The van der Waals surface area contributed by atoms with Gasteiger partial charge < -0.3 is 14.6 Å². The van der Waals surface area contributed by atoms with Gasteiger partial charge in [-0.2, -0.15) is 0 Å². The van der Waals surface area contributed by atoms with Crippen LogP contribution in [0.1, 0.15) is 31.4 Å². The van der Waals surface area contributed by atoms with Crippen LogP contribution in [-0.4, -0.2) is 23.3 Å². The average molecular weight is 290 g/mol. The highest BCUT2D eigenvalue weighted by atomic mass is 79.9. The molecular weight excluding hydrogens is 274 g/mol. The number of aliphatic hydroxyl groups excluding tert-OH is 1. The molecule has 0 spiro atoms. The topological polar surface area (TPSA) is 51.6 Å². The van der Waals surface area contributed by atoms with Gasteiger partial charge in [-0.1, -0.05) is 0 Å². The molecule has 1 aromatic heterocycles. The van der Waals surface area contributed by atoms with E-state index in [1.165, 1.54) is 0 Å². The second kappa shape index (κ2) is 6.96. The van der Waals surface area contributed by atoms with Crippen LogP contribution in [0.2, 0.25) is 0 Å². The van der Waals surface area contributed by atoms with Crippen molar-refractivity contribution in [2.24, 2.45) is 0 Å². The smallest absolute Gasteiger partial charge is 0.184 e. The van der Waals surface area contributed by atoms with Crippen molar-refractivity contribution < 1.29 is 14.6 Å². The third kappa shape index (κ3) is 3.25. The van der Waals surface area contributed by atoms with E-state index in [4.69, 9.17) is 14.6 Å². The Kier molecular flexibility index (Phi) is 5.90.